The number of nitrogens with one attached hydrogen (secondary N) is 1. The smallest absolute Gasteiger partial charge is 0.277 e. The Morgan fingerprint density at radius 2 is 1.70 bits per heavy atom. The lowest BCUT2D eigenvalue weighted by atomic mass is 10.1. The van der Waals surface area contributed by atoms with Crippen LogP contribution in [0, 0.1) is 17.5 Å². The molecule has 0 saturated heterocycles. The molecule has 9 heteroatoms. The number of fused-ring (bicyclic) bond motifs is 3. The summed E-state index contributed by atoms with van der Waals surface area (Å²) in [6.07, 6.45) is 1.49. The zero-order valence-electron chi connectivity index (χ0n) is 16.9. The molecule has 33 heavy (non-hydrogen) atoms. The van der Waals surface area contributed by atoms with Crippen molar-refractivity contribution in [2.24, 2.45) is 0 Å². The predicted octanol–water partition coefficient (Wildman–Crippen LogP) is 4.37. The summed E-state index contributed by atoms with van der Waals surface area (Å²) in [5.41, 5.74) is 1.41. The van der Waals surface area contributed by atoms with Crippen molar-refractivity contribution >= 4 is 28.1 Å². The van der Waals surface area contributed by atoms with Crippen molar-refractivity contribution in [3.05, 3.63) is 112 Å². The zero-order valence-corrected chi connectivity index (χ0v) is 16.9. The first-order valence-corrected chi connectivity index (χ1v) is 9.92. The first kappa shape index (κ1) is 20.5. The van der Waals surface area contributed by atoms with Crippen molar-refractivity contribution in [2.45, 2.75) is 6.54 Å². The van der Waals surface area contributed by atoms with Crippen molar-refractivity contribution in [1.82, 2.24) is 14.2 Å². The van der Waals surface area contributed by atoms with Gasteiger partial charge in [0.05, 0.1) is 29.5 Å². The molecule has 0 fully saturated rings. The van der Waals surface area contributed by atoms with Crippen LogP contribution in [0.2, 0.25) is 0 Å². The summed E-state index contributed by atoms with van der Waals surface area (Å²) in [5.74, 6) is -2.75. The van der Waals surface area contributed by atoms with Crippen LogP contribution in [0.25, 0.3) is 16.6 Å². The highest BCUT2D eigenvalue weighted by Gasteiger charge is 2.16. The molecule has 0 spiro atoms. The number of amides is 1. The van der Waals surface area contributed by atoms with E-state index in [4.69, 9.17) is 0 Å². The van der Waals surface area contributed by atoms with Gasteiger partial charge in [-0.15, -0.1) is 0 Å². The third-order valence-corrected chi connectivity index (χ3v) is 5.27. The van der Waals surface area contributed by atoms with E-state index in [1.54, 1.807) is 24.3 Å². The Balaban J connectivity index is 1.63. The van der Waals surface area contributed by atoms with Gasteiger partial charge in [0.25, 0.3) is 11.5 Å². The Hall–Kier alpha value is -4.40. The van der Waals surface area contributed by atoms with Crippen molar-refractivity contribution in [3.8, 4) is 0 Å². The summed E-state index contributed by atoms with van der Waals surface area (Å²) in [7, 11) is 0. The highest BCUT2D eigenvalue weighted by molar-refractivity contribution is 6.06. The molecule has 5 aromatic rings. The van der Waals surface area contributed by atoms with Gasteiger partial charge in [0.1, 0.15) is 23.0 Å². The van der Waals surface area contributed by atoms with Crippen molar-refractivity contribution in [1.29, 1.82) is 0 Å². The molecule has 3 aromatic carbocycles. The average molecular weight is 448 g/mol. The molecule has 2 heterocycles. The lowest BCUT2D eigenvalue weighted by molar-refractivity contribution is 0.102. The van der Waals surface area contributed by atoms with E-state index >= 15 is 0 Å². The molecule has 0 saturated carbocycles. The second kappa shape index (κ2) is 7.94. The van der Waals surface area contributed by atoms with E-state index < -0.39 is 23.4 Å². The molecular weight excluding hydrogens is 433 g/mol. The Morgan fingerprint density at radius 3 is 2.48 bits per heavy atom. The Labute approximate surface area is 184 Å². The minimum Gasteiger partial charge on any atom is -0.319 e. The molecule has 6 nitrogen and oxygen atoms in total. The maximum atomic E-state index is 14.0. The molecule has 0 aliphatic rings. The summed E-state index contributed by atoms with van der Waals surface area (Å²) in [6.45, 7) is 0.0619. The van der Waals surface area contributed by atoms with Crippen LogP contribution in [-0.2, 0) is 6.54 Å². The Bertz CT molecular complexity index is 1610. The molecule has 0 bridgehead atoms. The SMILES string of the molecule is O=C(Nc1ccc(F)cc1F)c1ccc2c(c1)n(Cc1cccc(F)c1)c(=O)c1ccnn12. The minimum absolute atomic E-state index is 0.0619. The van der Waals surface area contributed by atoms with Crippen LogP contribution in [0.15, 0.2) is 77.7 Å². The number of aromatic nitrogens is 3. The molecule has 5 rings (SSSR count). The quantitative estimate of drug-likeness (QED) is 0.444. The fraction of sp³-hybridized carbons (Fsp3) is 0.0417. The lowest BCUT2D eigenvalue weighted by Crippen LogP contribution is -2.24. The van der Waals surface area contributed by atoms with Crippen LogP contribution in [0.4, 0.5) is 18.9 Å². The largest absolute Gasteiger partial charge is 0.319 e. The maximum Gasteiger partial charge on any atom is 0.277 e. The summed E-state index contributed by atoms with van der Waals surface area (Å²) in [6, 6.07) is 14.9. The van der Waals surface area contributed by atoms with Crippen molar-refractivity contribution in [3.63, 3.8) is 0 Å². The monoisotopic (exact) mass is 448 g/mol. The molecule has 164 valence electrons. The number of carbonyl (C=O) groups is 1. The number of hydrogen-bond acceptors (Lipinski definition) is 3. The Kier molecular flexibility index (Phi) is 4.93. The van der Waals surface area contributed by atoms with Gasteiger partial charge in [0.2, 0.25) is 0 Å². The number of benzene rings is 3. The second-order valence-electron chi connectivity index (χ2n) is 7.43. The Morgan fingerprint density at radius 1 is 0.879 bits per heavy atom. The van der Waals surface area contributed by atoms with Crippen LogP contribution in [0.1, 0.15) is 15.9 Å². The van der Waals surface area contributed by atoms with E-state index in [9.17, 15) is 22.8 Å². The van der Waals surface area contributed by atoms with Crippen LogP contribution in [-0.4, -0.2) is 20.1 Å². The highest BCUT2D eigenvalue weighted by Crippen LogP contribution is 2.20. The van der Waals surface area contributed by atoms with Gasteiger partial charge >= 0.3 is 0 Å². The van der Waals surface area contributed by atoms with Crippen molar-refractivity contribution in [2.75, 3.05) is 5.32 Å². The predicted molar refractivity (Wildman–Crippen MR) is 117 cm³/mol. The van der Waals surface area contributed by atoms with E-state index in [1.807, 2.05) is 0 Å². The molecular formula is C24H15F3N4O2. The van der Waals surface area contributed by atoms with Gasteiger partial charge < -0.3 is 9.88 Å². The van der Waals surface area contributed by atoms with Crippen LogP contribution in [0.5, 0.6) is 0 Å². The first-order chi connectivity index (χ1) is 15.9. The maximum absolute atomic E-state index is 14.0. The number of nitrogens with zero attached hydrogens (tertiary/aromatic N) is 3. The van der Waals surface area contributed by atoms with Gasteiger partial charge in [-0.3, -0.25) is 9.59 Å². The number of carbonyl (C=O) groups excluding carboxylic acids is 1. The minimum atomic E-state index is -0.912. The van der Waals surface area contributed by atoms with E-state index in [1.165, 1.54) is 39.5 Å². The number of halogens is 3. The first-order valence-electron chi connectivity index (χ1n) is 9.92. The normalized spacial score (nSPS) is 11.2. The highest BCUT2D eigenvalue weighted by atomic mass is 19.1. The molecule has 0 aliphatic heterocycles. The third kappa shape index (κ3) is 3.73. The standard InChI is InChI=1S/C24H15F3N4O2/c25-16-3-1-2-14(10-16)13-30-22-11-15(23(32)29-19-6-5-17(26)12-18(19)27)4-7-20(22)31-21(24(30)33)8-9-28-31/h1-12H,13H2,(H,29,32). The van der Waals surface area contributed by atoms with Gasteiger partial charge in [0, 0.05) is 11.6 Å². The summed E-state index contributed by atoms with van der Waals surface area (Å²) in [4.78, 5) is 25.9. The number of anilines is 1. The topological polar surface area (TPSA) is 68.4 Å². The van der Waals surface area contributed by atoms with E-state index in [-0.39, 0.29) is 23.4 Å². The van der Waals surface area contributed by atoms with E-state index in [0.29, 0.717) is 28.2 Å². The lowest BCUT2D eigenvalue weighted by Gasteiger charge is -2.14. The van der Waals surface area contributed by atoms with Crippen molar-refractivity contribution < 1.29 is 18.0 Å². The molecule has 2 aromatic heterocycles. The molecule has 0 atom stereocenters. The van der Waals surface area contributed by atoms with Crippen LogP contribution in [0.3, 0.4) is 0 Å². The fourth-order valence-corrected chi connectivity index (χ4v) is 3.73. The molecule has 0 unspecified atom stereocenters. The van der Waals surface area contributed by atoms with Crippen LogP contribution >= 0.6 is 0 Å². The van der Waals surface area contributed by atoms with Gasteiger partial charge in [0.15, 0.2) is 0 Å². The van der Waals surface area contributed by atoms with Gasteiger partial charge in [-0.25, -0.2) is 17.7 Å². The second-order valence-corrected chi connectivity index (χ2v) is 7.43. The van der Waals surface area contributed by atoms with E-state index in [0.717, 1.165) is 12.1 Å². The molecule has 1 N–H and O–H groups in total. The summed E-state index contributed by atoms with van der Waals surface area (Å²) < 4.78 is 43.7. The number of rotatable bonds is 4. The van der Waals surface area contributed by atoms with E-state index in [2.05, 4.69) is 10.4 Å². The van der Waals surface area contributed by atoms with Crippen LogP contribution < -0.4 is 10.9 Å². The van der Waals surface area contributed by atoms with Gasteiger partial charge in [-0.2, -0.15) is 5.10 Å². The molecule has 1 amide bonds. The summed E-state index contributed by atoms with van der Waals surface area (Å²) in [5, 5.41) is 6.59. The summed E-state index contributed by atoms with van der Waals surface area (Å²) >= 11 is 0. The van der Waals surface area contributed by atoms with Gasteiger partial charge in [-0.05, 0) is 54.1 Å². The average Bonchev–Trinajstić information content (AvgIpc) is 3.28. The fourth-order valence-electron chi connectivity index (χ4n) is 3.73. The molecule has 0 radical (unpaired) electrons. The van der Waals surface area contributed by atoms with Gasteiger partial charge in [-0.1, -0.05) is 12.1 Å². The third-order valence-electron chi connectivity index (χ3n) is 5.27. The zero-order chi connectivity index (χ0) is 23.1. The number of hydrogen-bond donors (Lipinski definition) is 1. The molecule has 0 aliphatic carbocycles.